The first-order valence-corrected chi connectivity index (χ1v) is 4.99. The van der Waals surface area contributed by atoms with Gasteiger partial charge in [-0.25, -0.2) is 0 Å². The summed E-state index contributed by atoms with van der Waals surface area (Å²) in [7, 11) is 0. The lowest BCUT2D eigenvalue weighted by Gasteiger charge is -2.38. The SMILES string of the molecule is C=CC(=O)CCC(O)(C(N)=O)C(C)(C)CO. The number of allylic oxidation sites excluding steroid dienone is 1. The third kappa shape index (κ3) is 2.90. The summed E-state index contributed by atoms with van der Waals surface area (Å²) >= 11 is 0. The van der Waals surface area contributed by atoms with Crippen LogP contribution in [0, 0.1) is 5.41 Å². The fraction of sp³-hybridized carbons (Fsp3) is 0.636. The second-order valence-electron chi connectivity index (χ2n) is 4.44. The molecule has 0 saturated heterocycles. The number of hydrogen-bond acceptors (Lipinski definition) is 4. The fourth-order valence-electron chi connectivity index (χ4n) is 1.33. The second-order valence-corrected chi connectivity index (χ2v) is 4.44. The first-order valence-electron chi connectivity index (χ1n) is 4.99. The van der Waals surface area contributed by atoms with E-state index in [9.17, 15) is 14.7 Å². The van der Waals surface area contributed by atoms with Gasteiger partial charge in [-0.1, -0.05) is 20.4 Å². The molecule has 0 heterocycles. The van der Waals surface area contributed by atoms with Crippen LogP contribution in [-0.2, 0) is 9.59 Å². The Hall–Kier alpha value is -1.20. The molecule has 1 amide bonds. The quantitative estimate of drug-likeness (QED) is 0.524. The number of carbonyl (C=O) groups is 2. The van der Waals surface area contributed by atoms with E-state index in [4.69, 9.17) is 10.8 Å². The Morgan fingerprint density at radius 2 is 1.94 bits per heavy atom. The summed E-state index contributed by atoms with van der Waals surface area (Å²) in [6.07, 6.45) is 0.959. The van der Waals surface area contributed by atoms with E-state index in [1.807, 2.05) is 0 Å². The summed E-state index contributed by atoms with van der Waals surface area (Å²) < 4.78 is 0. The zero-order chi connectivity index (χ0) is 13.0. The normalized spacial score (nSPS) is 15.2. The molecule has 0 aliphatic rings. The van der Waals surface area contributed by atoms with Crippen LogP contribution in [0.1, 0.15) is 26.7 Å². The number of primary amides is 1. The fourth-order valence-corrected chi connectivity index (χ4v) is 1.33. The van der Waals surface area contributed by atoms with Crippen LogP contribution >= 0.6 is 0 Å². The molecule has 0 radical (unpaired) electrons. The number of aliphatic hydroxyl groups is 2. The first-order chi connectivity index (χ1) is 7.21. The van der Waals surface area contributed by atoms with Crippen molar-refractivity contribution in [2.45, 2.75) is 32.3 Å². The van der Waals surface area contributed by atoms with Crippen LogP contribution < -0.4 is 5.73 Å². The summed E-state index contributed by atoms with van der Waals surface area (Å²) in [6.45, 7) is 5.90. The van der Waals surface area contributed by atoms with Crippen LogP contribution in [0.2, 0.25) is 0 Å². The molecule has 0 spiro atoms. The first kappa shape index (κ1) is 14.8. The number of ketones is 1. The molecule has 0 saturated carbocycles. The summed E-state index contributed by atoms with van der Waals surface area (Å²) in [5, 5.41) is 19.3. The summed E-state index contributed by atoms with van der Waals surface area (Å²) in [4.78, 5) is 22.3. The molecular weight excluding hydrogens is 210 g/mol. The second kappa shape index (κ2) is 5.23. The molecular formula is C11H19NO4. The van der Waals surface area contributed by atoms with Crippen molar-refractivity contribution in [2.24, 2.45) is 11.1 Å². The van der Waals surface area contributed by atoms with E-state index in [1.54, 1.807) is 0 Å². The third-order valence-corrected chi connectivity index (χ3v) is 2.88. The van der Waals surface area contributed by atoms with Gasteiger partial charge in [0.05, 0.1) is 6.61 Å². The molecule has 5 nitrogen and oxygen atoms in total. The van der Waals surface area contributed by atoms with Gasteiger partial charge in [-0.15, -0.1) is 0 Å². The van der Waals surface area contributed by atoms with Crippen molar-refractivity contribution in [1.29, 1.82) is 0 Å². The van der Waals surface area contributed by atoms with E-state index in [1.165, 1.54) is 13.8 Å². The van der Waals surface area contributed by atoms with Gasteiger partial charge in [-0.3, -0.25) is 9.59 Å². The number of aliphatic hydroxyl groups excluding tert-OH is 1. The van der Waals surface area contributed by atoms with E-state index in [0.29, 0.717) is 0 Å². The maximum absolute atomic E-state index is 11.3. The van der Waals surface area contributed by atoms with E-state index >= 15 is 0 Å². The van der Waals surface area contributed by atoms with Crippen LogP contribution in [0.25, 0.3) is 0 Å². The smallest absolute Gasteiger partial charge is 0.250 e. The van der Waals surface area contributed by atoms with Crippen LogP contribution in [0.5, 0.6) is 0 Å². The predicted molar refractivity (Wildman–Crippen MR) is 59.4 cm³/mol. The van der Waals surface area contributed by atoms with E-state index in [2.05, 4.69) is 6.58 Å². The Labute approximate surface area is 95.0 Å². The standard InChI is InChI=1S/C11H19NO4/c1-4-8(14)5-6-11(16,9(12)15)10(2,3)7-13/h4,13,16H,1,5-7H2,2-3H3,(H2,12,15). The molecule has 5 heteroatoms. The van der Waals surface area contributed by atoms with E-state index in [0.717, 1.165) is 6.08 Å². The van der Waals surface area contributed by atoms with Gasteiger partial charge >= 0.3 is 0 Å². The lowest BCUT2D eigenvalue weighted by atomic mass is 9.72. The highest BCUT2D eigenvalue weighted by molar-refractivity contribution is 5.90. The predicted octanol–water partition coefficient (Wildman–Crippen LogP) is -0.243. The number of nitrogens with two attached hydrogens (primary N) is 1. The zero-order valence-corrected chi connectivity index (χ0v) is 9.69. The van der Waals surface area contributed by atoms with Crippen molar-refractivity contribution >= 4 is 11.7 Å². The van der Waals surface area contributed by atoms with Gasteiger partial charge in [-0.05, 0) is 12.5 Å². The van der Waals surface area contributed by atoms with E-state index < -0.39 is 23.5 Å². The number of rotatable bonds is 7. The van der Waals surface area contributed by atoms with Crippen molar-refractivity contribution < 1.29 is 19.8 Å². The number of hydrogen-bond donors (Lipinski definition) is 3. The molecule has 4 N–H and O–H groups in total. The average molecular weight is 229 g/mol. The Bertz CT molecular complexity index is 298. The topological polar surface area (TPSA) is 101 Å². The van der Waals surface area contributed by atoms with Crippen molar-refractivity contribution in [3.63, 3.8) is 0 Å². The van der Waals surface area contributed by atoms with Gasteiger partial charge in [0, 0.05) is 11.8 Å². The third-order valence-electron chi connectivity index (χ3n) is 2.88. The number of amides is 1. The lowest BCUT2D eigenvalue weighted by molar-refractivity contribution is -0.156. The minimum Gasteiger partial charge on any atom is -0.396 e. The van der Waals surface area contributed by atoms with E-state index in [-0.39, 0.29) is 18.6 Å². The molecule has 0 aliphatic carbocycles. The molecule has 0 aromatic rings. The summed E-state index contributed by atoms with van der Waals surface area (Å²) in [5.41, 5.74) is 2.12. The molecule has 0 aromatic carbocycles. The minimum absolute atomic E-state index is 0.0353. The van der Waals surface area contributed by atoms with Crippen molar-refractivity contribution in [3.8, 4) is 0 Å². The molecule has 0 aromatic heterocycles. The van der Waals surface area contributed by atoms with Gasteiger partial charge in [0.15, 0.2) is 11.4 Å². The molecule has 1 unspecified atom stereocenters. The molecule has 1 atom stereocenters. The Kier molecular flexibility index (Phi) is 4.83. The maximum Gasteiger partial charge on any atom is 0.250 e. The summed E-state index contributed by atoms with van der Waals surface area (Å²) in [6, 6.07) is 0. The Morgan fingerprint density at radius 1 is 1.44 bits per heavy atom. The molecule has 16 heavy (non-hydrogen) atoms. The Balaban J connectivity index is 4.92. The van der Waals surface area contributed by atoms with Crippen LogP contribution in [0.4, 0.5) is 0 Å². The van der Waals surface area contributed by atoms with Crippen molar-refractivity contribution in [2.75, 3.05) is 6.61 Å². The highest BCUT2D eigenvalue weighted by atomic mass is 16.3. The van der Waals surface area contributed by atoms with Gasteiger partial charge in [0.25, 0.3) is 0 Å². The van der Waals surface area contributed by atoms with Crippen molar-refractivity contribution in [3.05, 3.63) is 12.7 Å². The maximum atomic E-state index is 11.3. The average Bonchev–Trinajstić information content (AvgIpc) is 2.24. The van der Waals surface area contributed by atoms with Crippen molar-refractivity contribution in [1.82, 2.24) is 0 Å². The highest BCUT2D eigenvalue weighted by Crippen LogP contribution is 2.34. The molecule has 92 valence electrons. The molecule has 0 bridgehead atoms. The largest absolute Gasteiger partial charge is 0.396 e. The van der Waals surface area contributed by atoms with Crippen LogP contribution in [0.3, 0.4) is 0 Å². The van der Waals surface area contributed by atoms with Gasteiger partial charge in [0.1, 0.15) is 0 Å². The van der Waals surface area contributed by atoms with Crippen LogP contribution in [0.15, 0.2) is 12.7 Å². The summed E-state index contributed by atoms with van der Waals surface area (Å²) in [5.74, 6) is -1.23. The molecule has 0 aliphatic heterocycles. The van der Waals surface area contributed by atoms with Gasteiger partial charge < -0.3 is 15.9 Å². The lowest BCUT2D eigenvalue weighted by Crippen LogP contribution is -2.56. The Morgan fingerprint density at radius 3 is 2.25 bits per heavy atom. The van der Waals surface area contributed by atoms with Gasteiger partial charge in [-0.2, -0.15) is 0 Å². The molecule has 0 fully saturated rings. The van der Waals surface area contributed by atoms with Gasteiger partial charge in [0.2, 0.25) is 5.91 Å². The van der Waals surface area contributed by atoms with Crippen LogP contribution in [-0.4, -0.2) is 34.1 Å². The minimum atomic E-state index is -1.90. The highest BCUT2D eigenvalue weighted by Gasteiger charge is 2.47. The zero-order valence-electron chi connectivity index (χ0n) is 9.69. The monoisotopic (exact) mass is 229 g/mol. The molecule has 0 rings (SSSR count). The number of carbonyl (C=O) groups excluding carboxylic acids is 2.